The van der Waals surface area contributed by atoms with Gasteiger partial charge in [0.2, 0.25) is 5.91 Å². The number of carbonyl (C=O) groups is 2. The van der Waals surface area contributed by atoms with E-state index in [9.17, 15) is 9.59 Å². The number of amides is 2. The number of hydrogen-bond acceptors (Lipinski definition) is 4. The van der Waals surface area contributed by atoms with Gasteiger partial charge in [0.25, 0.3) is 0 Å². The van der Waals surface area contributed by atoms with Gasteiger partial charge in [0.1, 0.15) is 5.60 Å². The second-order valence-corrected chi connectivity index (χ2v) is 9.88. The third-order valence-electron chi connectivity index (χ3n) is 5.99. The van der Waals surface area contributed by atoms with Crippen LogP contribution in [0.2, 0.25) is 0 Å². The van der Waals surface area contributed by atoms with Crippen molar-refractivity contribution in [2.24, 2.45) is 17.8 Å². The Kier molecular flexibility index (Phi) is 4.40. The number of aromatic nitrogens is 2. The topological polar surface area (TPSA) is 75.9 Å². The van der Waals surface area contributed by atoms with E-state index in [1.165, 1.54) is 0 Å². The summed E-state index contributed by atoms with van der Waals surface area (Å²) in [6.45, 7) is 12.8. The van der Waals surface area contributed by atoms with Crippen LogP contribution in [0, 0.1) is 24.7 Å². The first-order valence-corrected chi connectivity index (χ1v) is 10.2. The van der Waals surface area contributed by atoms with Crippen LogP contribution in [0.25, 0.3) is 5.52 Å². The summed E-state index contributed by atoms with van der Waals surface area (Å²) in [5.74, 6) is 0.478. The van der Waals surface area contributed by atoms with Gasteiger partial charge in [-0.15, -0.1) is 0 Å². The van der Waals surface area contributed by atoms with E-state index in [4.69, 9.17) is 4.74 Å². The predicted molar refractivity (Wildman–Crippen MR) is 109 cm³/mol. The fraction of sp³-hybridized carbons (Fsp3) is 0.591. The number of likely N-dealkylation sites (tertiary alicyclic amines) is 1. The number of fused-ring (bicyclic) bond motifs is 2. The van der Waals surface area contributed by atoms with Gasteiger partial charge in [-0.2, -0.15) is 5.10 Å². The van der Waals surface area contributed by atoms with E-state index in [0.717, 1.165) is 16.8 Å². The summed E-state index contributed by atoms with van der Waals surface area (Å²) in [7, 11) is 0. The van der Waals surface area contributed by atoms with Gasteiger partial charge in [-0.1, -0.05) is 6.07 Å². The molecule has 0 aromatic carbocycles. The zero-order valence-electron chi connectivity index (χ0n) is 18.0. The number of aryl methyl sites for hydroxylation is 1. The minimum atomic E-state index is -0.533. The van der Waals surface area contributed by atoms with Crippen LogP contribution in [-0.4, -0.2) is 45.2 Å². The Labute approximate surface area is 171 Å². The normalized spacial score (nSPS) is 23.8. The monoisotopic (exact) mass is 398 g/mol. The quantitative estimate of drug-likeness (QED) is 0.862. The minimum absolute atomic E-state index is 0.0310. The molecule has 4 rings (SSSR count). The Morgan fingerprint density at radius 3 is 2.41 bits per heavy atom. The van der Waals surface area contributed by atoms with E-state index in [2.05, 4.69) is 10.4 Å². The highest BCUT2D eigenvalue weighted by Gasteiger charge is 2.61. The van der Waals surface area contributed by atoms with Gasteiger partial charge in [-0.05, 0) is 65.5 Å². The van der Waals surface area contributed by atoms with Gasteiger partial charge >= 0.3 is 6.09 Å². The van der Waals surface area contributed by atoms with Crippen molar-refractivity contribution in [1.29, 1.82) is 0 Å². The number of nitrogens with zero attached hydrogens (tertiary/aromatic N) is 3. The zero-order valence-corrected chi connectivity index (χ0v) is 18.0. The molecule has 29 heavy (non-hydrogen) atoms. The van der Waals surface area contributed by atoms with Crippen molar-refractivity contribution in [2.45, 2.75) is 52.7 Å². The van der Waals surface area contributed by atoms with Crippen LogP contribution in [0.3, 0.4) is 0 Å². The summed E-state index contributed by atoms with van der Waals surface area (Å²) in [6.07, 6.45) is 1.55. The first kappa shape index (κ1) is 19.7. The van der Waals surface area contributed by atoms with Gasteiger partial charge in [0.05, 0.1) is 17.3 Å². The Bertz CT molecular complexity index is 960. The maximum absolute atomic E-state index is 13.0. The molecule has 2 aromatic rings. The lowest BCUT2D eigenvalue weighted by molar-refractivity contribution is -0.125. The summed E-state index contributed by atoms with van der Waals surface area (Å²) in [4.78, 5) is 26.9. The zero-order chi connectivity index (χ0) is 21.1. The standard InChI is InChI=1S/C22H30N4O3/c1-13-8-7-9-17-16(10-23-26(13)17)22(5,6)24-19(27)18-14-11-25(12-15(14)18)20(28)29-21(2,3)4/h7-10,14-15,18H,11-12H2,1-6H3,(H,24,27). The first-order valence-electron chi connectivity index (χ1n) is 10.2. The molecule has 156 valence electrons. The summed E-state index contributed by atoms with van der Waals surface area (Å²) in [5.41, 5.74) is 2.01. The number of nitrogens with one attached hydrogen (secondary N) is 1. The highest BCUT2D eigenvalue weighted by Crippen LogP contribution is 2.52. The van der Waals surface area contributed by atoms with Crippen LogP contribution >= 0.6 is 0 Å². The second-order valence-electron chi connectivity index (χ2n) is 9.88. The molecule has 1 aliphatic carbocycles. The number of ether oxygens (including phenoxy) is 1. The van der Waals surface area contributed by atoms with Crippen LogP contribution < -0.4 is 5.32 Å². The van der Waals surface area contributed by atoms with E-state index < -0.39 is 11.1 Å². The molecule has 2 atom stereocenters. The van der Waals surface area contributed by atoms with Crippen LogP contribution in [0.5, 0.6) is 0 Å². The molecule has 7 heteroatoms. The summed E-state index contributed by atoms with van der Waals surface area (Å²) in [6, 6.07) is 6.04. The third-order valence-corrected chi connectivity index (χ3v) is 5.99. The SMILES string of the molecule is Cc1cccc2c(C(C)(C)NC(=O)C3C4CN(C(=O)OC(C)(C)C)CC43)cnn12. The molecule has 2 aliphatic rings. The molecule has 3 heterocycles. The van der Waals surface area contributed by atoms with Crippen molar-refractivity contribution in [2.75, 3.05) is 13.1 Å². The van der Waals surface area contributed by atoms with E-state index >= 15 is 0 Å². The van der Waals surface area contributed by atoms with Crippen LogP contribution in [0.4, 0.5) is 4.79 Å². The molecule has 0 spiro atoms. The van der Waals surface area contributed by atoms with Crippen molar-refractivity contribution in [3.8, 4) is 0 Å². The Morgan fingerprint density at radius 2 is 1.79 bits per heavy atom. The molecule has 0 radical (unpaired) electrons. The number of rotatable bonds is 3. The number of pyridine rings is 1. The van der Waals surface area contributed by atoms with E-state index in [-0.39, 0.29) is 29.8 Å². The van der Waals surface area contributed by atoms with Gasteiger partial charge in [0, 0.05) is 30.3 Å². The highest BCUT2D eigenvalue weighted by molar-refractivity contribution is 5.84. The summed E-state index contributed by atoms with van der Waals surface area (Å²) in [5, 5.41) is 7.69. The molecule has 1 aliphatic heterocycles. The highest BCUT2D eigenvalue weighted by atomic mass is 16.6. The fourth-order valence-corrected chi connectivity index (χ4v) is 4.48. The molecule has 7 nitrogen and oxygen atoms in total. The van der Waals surface area contributed by atoms with Crippen LogP contribution in [-0.2, 0) is 15.1 Å². The van der Waals surface area contributed by atoms with Crippen molar-refractivity contribution < 1.29 is 14.3 Å². The molecule has 0 bridgehead atoms. The number of hydrogen-bond donors (Lipinski definition) is 1. The maximum atomic E-state index is 13.0. The largest absolute Gasteiger partial charge is 0.444 e. The van der Waals surface area contributed by atoms with Crippen molar-refractivity contribution in [1.82, 2.24) is 19.8 Å². The smallest absolute Gasteiger partial charge is 0.410 e. The first-order chi connectivity index (χ1) is 13.5. The van der Waals surface area contributed by atoms with E-state index in [1.54, 1.807) is 4.90 Å². The van der Waals surface area contributed by atoms with Crippen molar-refractivity contribution in [3.05, 3.63) is 35.7 Å². The minimum Gasteiger partial charge on any atom is -0.444 e. The fourth-order valence-electron chi connectivity index (χ4n) is 4.48. The summed E-state index contributed by atoms with van der Waals surface area (Å²) < 4.78 is 7.34. The average molecular weight is 399 g/mol. The average Bonchev–Trinajstić information content (AvgIpc) is 2.96. The molecule has 2 aromatic heterocycles. The van der Waals surface area contributed by atoms with Gasteiger partial charge in [-0.25, -0.2) is 9.31 Å². The molecular formula is C22H30N4O3. The van der Waals surface area contributed by atoms with Crippen molar-refractivity contribution >= 4 is 17.5 Å². The lowest BCUT2D eigenvalue weighted by Gasteiger charge is -2.28. The molecular weight excluding hydrogens is 368 g/mol. The number of carbonyl (C=O) groups excluding carboxylic acids is 2. The number of piperidine rings is 1. The molecule has 2 fully saturated rings. The molecule has 1 saturated heterocycles. The lowest BCUT2D eigenvalue weighted by atomic mass is 9.95. The third kappa shape index (κ3) is 3.58. The van der Waals surface area contributed by atoms with E-state index in [1.807, 2.05) is 70.5 Å². The Morgan fingerprint density at radius 1 is 1.14 bits per heavy atom. The van der Waals surface area contributed by atoms with Gasteiger partial charge < -0.3 is 15.0 Å². The second kappa shape index (κ2) is 6.47. The molecule has 1 saturated carbocycles. The lowest BCUT2D eigenvalue weighted by Crippen LogP contribution is -2.44. The molecule has 2 amide bonds. The molecule has 2 unspecified atom stereocenters. The van der Waals surface area contributed by atoms with Crippen molar-refractivity contribution in [3.63, 3.8) is 0 Å². The Hall–Kier alpha value is -2.57. The van der Waals surface area contributed by atoms with Gasteiger partial charge in [-0.3, -0.25) is 4.79 Å². The van der Waals surface area contributed by atoms with Gasteiger partial charge in [0.15, 0.2) is 0 Å². The van der Waals surface area contributed by atoms with E-state index in [0.29, 0.717) is 13.1 Å². The predicted octanol–water partition coefficient (Wildman–Crippen LogP) is 3.11. The van der Waals surface area contributed by atoms with Crippen LogP contribution in [0.1, 0.15) is 45.9 Å². The molecule has 1 N–H and O–H groups in total. The summed E-state index contributed by atoms with van der Waals surface area (Å²) >= 11 is 0. The van der Waals surface area contributed by atoms with Crippen LogP contribution in [0.15, 0.2) is 24.4 Å². The Balaban J connectivity index is 1.40. The maximum Gasteiger partial charge on any atom is 0.410 e.